The summed E-state index contributed by atoms with van der Waals surface area (Å²) in [5, 5.41) is 9.63. The predicted octanol–water partition coefficient (Wildman–Crippen LogP) is -0.615. The third-order valence-electron chi connectivity index (χ3n) is 3.78. The van der Waals surface area contributed by atoms with E-state index in [9.17, 15) is 9.59 Å². The molecule has 2 N–H and O–H groups in total. The van der Waals surface area contributed by atoms with Crippen molar-refractivity contribution in [3.05, 3.63) is 12.7 Å². The second-order valence-corrected chi connectivity index (χ2v) is 5.57. The molecule has 8 heteroatoms. The first kappa shape index (κ1) is 16.4. The summed E-state index contributed by atoms with van der Waals surface area (Å²) in [6, 6.07) is 0.316. The van der Waals surface area contributed by atoms with Gasteiger partial charge in [0.1, 0.15) is 12.7 Å². The van der Waals surface area contributed by atoms with Gasteiger partial charge in [-0.25, -0.2) is 4.98 Å². The molecule has 0 saturated carbocycles. The van der Waals surface area contributed by atoms with Gasteiger partial charge in [0.25, 0.3) is 0 Å². The number of piperidine rings is 1. The molecule has 2 rings (SSSR count). The van der Waals surface area contributed by atoms with Crippen molar-refractivity contribution in [1.82, 2.24) is 30.3 Å². The van der Waals surface area contributed by atoms with Gasteiger partial charge in [0, 0.05) is 26.1 Å². The monoisotopic (exact) mass is 308 g/mol. The van der Waals surface area contributed by atoms with Gasteiger partial charge in [-0.05, 0) is 19.4 Å². The molecule has 0 unspecified atom stereocenters. The van der Waals surface area contributed by atoms with Gasteiger partial charge in [0.2, 0.25) is 11.8 Å². The van der Waals surface area contributed by atoms with Crippen LogP contribution in [0.2, 0.25) is 0 Å². The third-order valence-corrected chi connectivity index (χ3v) is 3.78. The standard InChI is InChI=1S/C14H24N6O2/c1-12(21)16-5-6-17-14(22)9-19-7-3-2-4-13(19)8-20-11-15-10-18-20/h10-11,13H,2-9H2,1H3,(H,16,21)(H,17,22)/t13-/m1/s1. The number of hydrogen-bond acceptors (Lipinski definition) is 5. The van der Waals surface area contributed by atoms with Gasteiger partial charge in [-0.2, -0.15) is 5.10 Å². The van der Waals surface area contributed by atoms with E-state index in [1.54, 1.807) is 6.33 Å². The molecule has 1 aliphatic rings. The second kappa shape index (κ2) is 8.47. The fourth-order valence-corrected chi connectivity index (χ4v) is 2.70. The molecule has 2 heterocycles. The van der Waals surface area contributed by atoms with E-state index >= 15 is 0 Å². The molecule has 1 aromatic heterocycles. The summed E-state index contributed by atoms with van der Waals surface area (Å²) in [5.74, 6) is -0.0889. The zero-order valence-electron chi connectivity index (χ0n) is 13.0. The van der Waals surface area contributed by atoms with Crippen molar-refractivity contribution >= 4 is 11.8 Å². The Morgan fingerprint density at radius 1 is 1.27 bits per heavy atom. The molecule has 0 aliphatic carbocycles. The molecule has 1 atom stereocenters. The number of nitrogens with one attached hydrogen (secondary N) is 2. The summed E-state index contributed by atoms with van der Waals surface area (Å²) in [5.41, 5.74) is 0. The van der Waals surface area contributed by atoms with Crippen molar-refractivity contribution < 1.29 is 9.59 Å². The molecular formula is C14H24N6O2. The minimum absolute atomic E-state index is 0.00385. The molecule has 8 nitrogen and oxygen atoms in total. The van der Waals surface area contributed by atoms with Crippen LogP contribution in [0.4, 0.5) is 0 Å². The van der Waals surface area contributed by atoms with Gasteiger partial charge in [0.05, 0.1) is 13.1 Å². The number of rotatable bonds is 7. The lowest BCUT2D eigenvalue weighted by Gasteiger charge is -2.35. The zero-order chi connectivity index (χ0) is 15.8. The summed E-state index contributed by atoms with van der Waals surface area (Å²) in [6.45, 7) is 4.46. The van der Waals surface area contributed by atoms with Crippen LogP contribution in [0.5, 0.6) is 0 Å². The molecular weight excluding hydrogens is 284 g/mol. The Labute approximate surface area is 130 Å². The Kier molecular flexibility index (Phi) is 6.32. The largest absolute Gasteiger partial charge is 0.355 e. The predicted molar refractivity (Wildman–Crippen MR) is 80.9 cm³/mol. The molecule has 0 spiro atoms. The van der Waals surface area contributed by atoms with Gasteiger partial charge >= 0.3 is 0 Å². The fourth-order valence-electron chi connectivity index (χ4n) is 2.70. The summed E-state index contributed by atoms with van der Waals surface area (Å²) < 4.78 is 1.82. The highest BCUT2D eigenvalue weighted by molar-refractivity contribution is 5.78. The molecule has 1 saturated heterocycles. The van der Waals surface area contributed by atoms with Crippen LogP contribution in [0, 0.1) is 0 Å². The van der Waals surface area contributed by atoms with E-state index in [0.717, 1.165) is 25.9 Å². The molecule has 122 valence electrons. The molecule has 0 aromatic carbocycles. The van der Waals surface area contributed by atoms with Crippen LogP contribution in [0.1, 0.15) is 26.2 Å². The van der Waals surface area contributed by atoms with E-state index in [2.05, 4.69) is 25.6 Å². The second-order valence-electron chi connectivity index (χ2n) is 5.57. The van der Waals surface area contributed by atoms with Gasteiger partial charge in [-0.3, -0.25) is 19.2 Å². The van der Waals surface area contributed by atoms with Crippen molar-refractivity contribution in [2.75, 3.05) is 26.2 Å². The highest BCUT2D eigenvalue weighted by atomic mass is 16.2. The van der Waals surface area contributed by atoms with E-state index in [-0.39, 0.29) is 11.8 Å². The van der Waals surface area contributed by atoms with Gasteiger partial charge in [-0.1, -0.05) is 6.42 Å². The van der Waals surface area contributed by atoms with Crippen LogP contribution in [-0.4, -0.2) is 63.7 Å². The number of likely N-dealkylation sites (tertiary alicyclic amines) is 1. The Morgan fingerprint density at radius 3 is 2.82 bits per heavy atom. The quantitative estimate of drug-likeness (QED) is 0.655. The topological polar surface area (TPSA) is 92.2 Å². The van der Waals surface area contributed by atoms with Crippen molar-refractivity contribution in [2.45, 2.75) is 38.8 Å². The zero-order valence-corrected chi connectivity index (χ0v) is 13.0. The smallest absolute Gasteiger partial charge is 0.234 e. The van der Waals surface area contributed by atoms with Crippen molar-refractivity contribution in [3.63, 3.8) is 0 Å². The maximum Gasteiger partial charge on any atom is 0.234 e. The highest BCUT2D eigenvalue weighted by Crippen LogP contribution is 2.17. The van der Waals surface area contributed by atoms with E-state index in [1.165, 1.54) is 19.7 Å². The number of nitrogens with zero attached hydrogens (tertiary/aromatic N) is 4. The molecule has 1 fully saturated rings. The van der Waals surface area contributed by atoms with Gasteiger partial charge in [-0.15, -0.1) is 0 Å². The first-order valence-electron chi connectivity index (χ1n) is 7.73. The van der Waals surface area contributed by atoms with Crippen molar-refractivity contribution in [1.29, 1.82) is 0 Å². The Bertz CT molecular complexity index is 476. The van der Waals surface area contributed by atoms with Crippen LogP contribution in [-0.2, 0) is 16.1 Å². The first-order chi connectivity index (χ1) is 10.6. The van der Waals surface area contributed by atoms with Crippen molar-refractivity contribution in [3.8, 4) is 0 Å². The normalized spacial score (nSPS) is 18.9. The molecule has 1 aromatic rings. The maximum absolute atomic E-state index is 12.0. The van der Waals surface area contributed by atoms with Gasteiger partial charge < -0.3 is 10.6 Å². The number of amides is 2. The maximum atomic E-state index is 12.0. The molecule has 0 radical (unpaired) electrons. The van der Waals surface area contributed by atoms with Crippen LogP contribution < -0.4 is 10.6 Å². The lowest BCUT2D eigenvalue weighted by Crippen LogP contribution is -2.48. The molecule has 0 bridgehead atoms. The van der Waals surface area contributed by atoms with Crippen LogP contribution >= 0.6 is 0 Å². The number of carbonyl (C=O) groups is 2. The molecule has 1 aliphatic heterocycles. The Morgan fingerprint density at radius 2 is 2.09 bits per heavy atom. The minimum Gasteiger partial charge on any atom is -0.355 e. The summed E-state index contributed by atoms with van der Waals surface area (Å²) in [7, 11) is 0. The Balaban J connectivity index is 1.75. The fraction of sp³-hybridized carbons (Fsp3) is 0.714. The summed E-state index contributed by atoms with van der Waals surface area (Å²) >= 11 is 0. The summed E-state index contributed by atoms with van der Waals surface area (Å²) in [6.07, 6.45) is 6.61. The average molecular weight is 308 g/mol. The van der Waals surface area contributed by atoms with Gasteiger partial charge in [0.15, 0.2) is 0 Å². The third kappa shape index (κ3) is 5.44. The lowest BCUT2D eigenvalue weighted by atomic mass is 10.0. The summed E-state index contributed by atoms with van der Waals surface area (Å²) in [4.78, 5) is 28.9. The molecule has 2 amide bonds. The first-order valence-corrected chi connectivity index (χ1v) is 7.73. The van der Waals surface area contributed by atoms with Crippen molar-refractivity contribution in [2.24, 2.45) is 0 Å². The molecule has 22 heavy (non-hydrogen) atoms. The highest BCUT2D eigenvalue weighted by Gasteiger charge is 2.24. The van der Waals surface area contributed by atoms with E-state index in [0.29, 0.717) is 25.7 Å². The van der Waals surface area contributed by atoms with Crippen LogP contribution in [0.3, 0.4) is 0 Å². The Hall–Kier alpha value is -1.96. The van der Waals surface area contributed by atoms with E-state index < -0.39 is 0 Å². The average Bonchev–Trinajstić information content (AvgIpc) is 2.98. The van der Waals surface area contributed by atoms with Crippen LogP contribution in [0.25, 0.3) is 0 Å². The van der Waals surface area contributed by atoms with E-state index in [1.807, 2.05) is 4.68 Å². The minimum atomic E-state index is -0.0850. The number of carbonyl (C=O) groups excluding carboxylic acids is 2. The van der Waals surface area contributed by atoms with Crippen LogP contribution in [0.15, 0.2) is 12.7 Å². The number of aromatic nitrogens is 3. The SMILES string of the molecule is CC(=O)NCCNC(=O)CN1CCCC[C@@H]1Cn1cncn1. The lowest BCUT2D eigenvalue weighted by molar-refractivity contribution is -0.123. The number of hydrogen-bond donors (Lipinski definition) is 2. The van der Waals surface area contributed by atoms with E-state index in [4.69, 9.17) is 0 Å².